The summed E-state index contributed by atoms with van der Waals surface area (Å²) in [6, 6.07) is 10.3. The van der Waals surface area contributed by atoms with Crippen molar-refractivity contribution in [2.75, 3.05) is 13.2 Å². The standard InChI is InChI=1S/C24H25BrN2O3S/c1-4-29-20-12-17(13-21-23(28)27-7-5-6-26-24(27)31-21)11-19(25)22(20)30-14-18-9-15(2)8-16(3)10-18/h8-13H,4-7,14H2,1-3H3. The van der Waals surface area contributed by atoms with Crippen LogP contribution in [0.25, 0.3) is 6.08 Å². The van der Waals surface area contributed by atoms with E-state index in [9.17, 15) is 4.79 Å². The fourth-order valence-corrected chi connectivity index (χ4v) is 5.36. The van der Waals surface area contributed by atoms with Gasteiger partial charge in [-0.1, -0.05) is 40.7 Å². The van der Waals surface area contributed by atoms with Gasteiger partial charge in [-0.05, 0) is 72.5 Å². The number of aryl methyl sites for hydroxylation is 2. The largest absolute Gasteiger partial charge is 0.490 e. The molecule has 1 aromatic heterocycles. The van der Waals surface area contributed by atoms with Gasteiger partial charge in [0, 0.05) is 13.1 Å². The molecule has 2 heterocycles. The maximum absolute atomic E-state index is 12.7. The molecule has 1 aliphatic heterocycles. The Kier molecular flexibility index (Phi) is 6.62. The summed E-state index contributed by atoms with van der Waals surface area (Å²) in [5.74, 6) is 1.31. The van der Waals surface area contributed by atoms with E-state index in [0.29, 0.717) is 29.2 Å². The lowest BCUT2D eigenvalue weighted by atomic mass is 10.1. The molecule has 0 saturated carbocycles. The van der Waals surface area contributed by atoms with Gasteiger partial charge in [0.25, 0.3) is 5.56 Å². The Morgan fingerprint density at radius 3 is 2.65 bits per heavy atom. The molecule has 0 fully saturated rings. The van der Waals surface area contributed by atoms with Crippen LogP contribution < -0.4 is 24.4 Å². The second-order valence-corrected chi connectivity index (χ2v) is 9.50. The molecule has 0 radical (unpaired) electrons. The fourth-order valence-electron chi connectivity index (χ4n) is 3.76. The third kappa shape index (κ3) is 4.93. The predicted octanol–water partition coefficient (Wildman–Crippen LogP) is 4.12. The monoisotopic (exact) mass is 500 g/mol. The highest BCUT2D eigenvalue weighted by Crippen LogP contribution is 2.37. The minimum Gasteiger partial charge on any atom is -0.490 e. The van der Waals surface area contributed by atoms with E-state index in [1.165, 1.54) is 22.5 Å². The van der Waals surface area contributed by atoms with Crippen LogP contribution in [0.3, 0.4) is 0 Å². The summed E-state index contributed by atoms with van der Waals surface area (Å²) < 4.78 is 15.3. The first kappa shape index (κ1) is 21.8. The number of rotatable bonds is 6. The van der Waals surface area contributed by atoms with Crippen LogP contribution >= 0.6 is 27.3 Å². The number of aromatic nitrogens is 1. The average molecular weight is 501 g/mol. The second-order valence-electron chi connectivity index (χ2n) is 7.63. The molecule has 5 nitrogen and oxygen atoms in total. The van der Waals surface area contributed by atoms with E-state index in [-0.39, 0.29) is 5.56 Å². The van der Waals surface area contributed by atoms with Gasteiger partial charge in [0.15, 0.2) is 16.3 Å². The van der Waals surface area contributed by atoms with Gasteiger partial charge in [-0.25, -0.2) is 0 Å². The van der Waals surface area contributed by atoms with Gasteiger partial charge >= 0.3 is 0 Å². The minimum atomic E-state index is 0.0210. The van der Waals surface area contributed by atoms with Crippen molar-refractivity contribution in [1.29, 1.82) is 0 Å². The first-order valence-electron chi connectivity index (χ1n) is 10.4. The molecule has 0 aliphatic carbocycles. The summed E-state index contributed by atoms with van der Waals surface area (Å²) in [5, 5.41) is 0. The van der Waals surface area contributed by atoms with Crippen LogP contribution in [-0.4, -0.2) is 17.7 Å². The third-order valence-electron chi connectivity index (χ3n) is 4.97. The number of nitrogens with zero attached hydrogens (tertiary/aromatic N) is 2. The average Bonchev–Trinajstić information content (AvgIpc) is 3.02. The number of benzene rings is 2. The Morgan fingerprint density at radius 1 is 1.16 bits per heavy atom. The summed E-state index contributed by atoms with van der Waals surface area (Å²) in [6.45, 7) is 8.60. The van der Waals surface area contributed by atoms with Crippen LogP contribution in [0.4, 0.5) is 0 Å². The Labute approximate surface area is 193 Å². The molecule has 0 saturated heterocycles. The molecular formula is C24H25BrN2O3S. The minimum absolute atomic E-state index is 0.0210. The van der Waals surface area contributed by atoms with Crippen LogP contribution in [0.15, 0.2) is 44.6 Å². The maximum atomic E-state index is 12.7. The lowest BCUT2D eigenvalue weighted by Crippen LogP contribution is -2.33. The van der Waals surface area contributed by atoms with Gasteiger partial charge in [0.05, 0.1) is 15.6 Å². The molecule has 0 unspecified atom stereocenters. The van der Waals surface area contributed by atoms with Crippen LogP contribution in [0, 0.1) is 13.8 Å². The number of thiazole rings is 1. The van der Waals surface area contributed by atoms with Gasteiger partial charge in [-0.15, -0.1) is 0 Å². The van der Waals surface area contributed by atoms with Crippen molar-refractivity contribution in [2.24, 2.45) is 4.99 Å². The zero-order chi connectivity index (χ0) is 22.0. The third-order valence-corrected chi connectivity index (χ3v) is 6.60. The normalized spacial score (nSPS) is 13.6. The molecule has 4 rings (SSSR count). The van der Waals surface area contributed by atoms with Crippen LogP contribution in [-0.2, 0) is 13.2 Å². The lowest BCUT2D eigenvalue weighted by Gasteiger charge is -2.15. The highest BCUT2D eigenvalue weighted by Gasteiger charge is 2.14. The van der Waals surface area contributed by atoms with Gasteiger partial charge in [-0.3, -0.25) is 14.4 Å². The molecular weight excluding hydrogens is 476 g/mol. The van der Waals surface area contributed by atoms with E-state index in [2.05, 4.69) is 53.0 Å². The zero-order valence-electron chi connectivity index (χ0n) is 17.9. The van der Waals surface area contributed by atoms with Crippen molar-refractivity contribution >= 4 is 33.3 Å². The Hall–Kier alpha value is -2.38. The summed E-state index contributed by atoms with van der Waals surface area (Å²) >= 11 is 5.07. The molecule has 31 heavy (non-hydrogen) atoms. The molecule has 3 aromatic rings. The Bertz CT molecular complexity index is 1270. The van der Waals surface area contributed by atoms with Gasteiger partial charge in [0.2, 0.25) is 0 Å². The molecule has 1 aliphatic rings. The fraction of sp³-hybridized carbons (Fsp3) is 0.333. The van der Waals surface area contributed by atoms with E-state index in [1.54, 1.807) is 4.57 Å². The second kappa shape index (κ2) is 9.40. The predicted molar refractivity (Wildman–Crippen MR) is 128 cm³/mol. The molecule has 7 heteroatoms. The molecule has 0 spiro atoms. The van der Waals surface area contributed by atoms with Crippen molar-refractivity contribution in [1.82, 2.24) is 4.57 Å². The lowest BCUT2D eigenvalue weighted by molar-refractivity contribution is 0.267. The molecule has 162 valence electrons. The van der Waals surface area contributed by atoms with E-state index in [0.717, 1.165) is 39.9 Å². The van der Waals surface area contributed by atoms with Crippen molar-refractivity contribution in [2.45, 2.75) is 40.3 Å². The smallest absolute Gasteiger partial charge is 0.270 e. The molecule has 0 N–H and O–H groups in total. The van der Waals surface area contributed by atoms with Gasteiger partial charge < -0.3 is 9.47 Å². The Morgan fingerprint density at radius 2 is 1.94 bits per heavy atom. The number of halogens is 1. The SMILES string of the molecule is CCOc1cc(C=c2sc3n(c2=O)CCCN=3)cc(Br)c1OCc1cc(C)cc(C)c1. The van der Waals surface area contributed by atoms with E-state index in [4.69, 9.17) is 9.47 Å². The maximum Gasteiger partial charge on any atom is 0.270 e. The highest BCUT2D eigenvalue weighted by molar-refractivity contribution is 9.10. The van der Waals surface area contributed by atoms with E-state index < -0.39 is 0 Å². The van der Waals surface area contributed by atoms with Gasteiger partial charge in [0.1, 0.15) is 6.61 Å². The number of fused-ring (bicyclic) bond motifs is 1. The van der Waals surface area contributed by atoms with Crippen molar-refractivity contribution in [3.8, 4) is 11.5 Å². The topological polar surface area (TPSA) is 52.8 Å². The number of hydrogen-bond donors (Lipinski definition) is 0. The van der Waals surface area contributed by atoms with Crippen LogP contribution in [0.5, 0.6) is 11.5 Å². The van der Waals surface area contributed by atoms with Crippen LogP contribution in [0.1, 0.15) is 35.6 Å². The van der Waals surface area contributed by atoms with E-state index in [1.807, 2.05) is 25.1 Å². The van der Waals surface area contributed by atoms with Crippen molar-refractivity contribution < 1.29 is 9.47 Å². The molecule has 0 atom stereocenters. The summed E-state index contributed by atoms with van der Waals surface area (Å²) in [4.78, 5) is 18.0. The number of hydrogen-bond acceptors (Lipinski definition) is 5. The van der Waals surface area contributed by atoms with Crippen molar-refractivity contribution in [3.63, 3.8) is 0 Å². The first-order chi connectivity index (χ1) is 14.9. The first-order valence-corrected chi connectivity index (χ1v) is 12.0. The van der Waals surface area contributed by atoms with Crippen LogP contribution in [0.2, 0.25) is 0 Å². The number of ether oxygens (including phenoxy) is 2. The van der Waals surface area contributed by atoms with E-state index >= 15 is 0 Å². The van der Waals surface area contributed by atoms with Gasteiger partial charge in [-0.2, -0.15) is 0 Å². The summed E-state index contributed by atoms with van der Waals surface area (Å²) in [5.41, 5.74) is 4.44. The highest BCUT2D eigenvalue weighted by atomic mass is 79.9. The zero-order valence-corrected chi connectivity index (χ0v) is 20.3. The summed E-state index contributed by atoms with van der Waals surface area (Å²) in [7, 11) is 0. The quantitative estimate of drug-likeness (QED) is 0.511. The molecule has 0 amide bonds. The molecule has 0 bridgehead atoms. The Balaban J connectivity index is 1.68. The molecule has 2 aromatic carbocycles. The van der Waals surface area contributed by atoms with Crippen molar-refractivity contribution in [3.05, 3.63) is 76.7 Å². The summed E-state index contributed by atoms with van der Waals surface area (Å²) in [6.07, 6.45) is 2.81.